The van der Waals surface area contributed by atoms with E-state index in [0.717, 1.165) is 64.0 Å². The minimum absolute atomic E-state index is 0.0647. The lowest BCUT2D eigenvalue weighted by atomic mass is 10.1. The first-order valence-electron chi connectivity index (χ1n) is 17.3. The number of fused-ring (bicyclic) bond motifs is 2. The molecule has 1 N–H and O–H groups in total. The first-order chi connectivity index (χ1) is 24.0. The number of rotatable bonds is 8. The Hall–Kier alpha value is -5.02. The summed E-state index contributed by atoms with van der Waals surface area (Å²) < 4.78 is 18.0. The molecule has 50 heavy (non-hydrogen) atoms. The third kappa shape index (κ3) is 7.73. The molecule has 0 radical (unpaired) electrons. The molecule has 15 nitrogen and oxygen atoms in total. The number of imidazole rings is 2. The van der Waals surface area contributed by atoms with E-state index in [2.05, 4.69) is 58.7 Å². The standard InChI is InChI=1S/C18H25N5O2.C17H24N6O2/c1-5-6-12-23-14-15(19-17(23)22-10-8-7-9-11-22)20-18(25-13(2)3)21(4)16(14)24;1-5-6-9-23-13-14(19-16(23)22-10-7-18-8-11-22)20-17(25-12(2)3)21(4)15(13)24/h13H,7-12H2,1-4H3;12,18H,7-11H2,1-4H3. The van der Waals surface area contributed by atoms with Crippen LogP contribution in [-0.4, -0.2) is 89.7 Å². The summed E-state index contributed by atoms with van der Waals surface area (Å²) in [4.78, 5) is 48.5. The van der Waals surface area contributed by atoms with Crippen molar-refractivity contribution in [1.29, 1.82) is 0 Å². The summed E-state index contributed by atoms with van der Waals surface area (Å²) >= 11 is 0. The highest BCUT2D eigenvalue weighted by molar-refractivity contribution is 5.75. The van der Waals surface area contributed by atoms with Crippen LogP contribution in [0.3, 0.4) is 0 Å². The smallest absolute Gasteiger partial charge is 0.301 e. The van der Waals surface area contributed by atoms with Crippen molar-refractivity contribution in [2.24, 2.45) is 14.1 Å². The molecule has 2 aliphatic rings. The Labute approximate surface area is 292 Å². The third-order valence-corrected chi connectivity index (χ3v) is 8.40. The van der Waals surface area contributed by atoms with Gasteiger partial charge in [0.25, 0.3) is 11.1 Å². The Balaban J connectivity index is 0.000000194. The summed E-state index contributed by atoms with van der Waals surface area (Å²) in [6.45, 7) is 17.4. The van der Waals surface area contributed by atoms with E-state index in [-0.39, 0.29) is 29.3 Å². The van der Waals surface area contributed by atoms with Crippen molar-refractivity contribution in [2.75, 3.05) is 49.1 Å². The zero-order chi connectivity index (χ0) is 35.9. The predicted molar refractivity (Wildman–Crippen MR) is 195 cm³/mol. The first kappa shape index (κ1) is 36.3. The number of nitrogens with zero attached hydrogens (tertiary/aromatic N) is 10. The lowest BCUT2D eigenvalue weighted by molar-refractivity contribution is 0.211. The Kier molecular flexibility index (Phi) is 11.7. The summed E-state index contributed by atoms with van der Waals surface area (Å²) in [5, 5.41) is 3.32. The number of aromatic nitrogens is 8. The van der Waals surface area contributed by atoms with E-state index in [1.54, 1.807) is 27.9 Å². The minimum Gasteiger partial charge on any atom is -0.462 e. The van der Waals surface area contributed by atoms with Crippen LogP contribution in [0.5, 0.6) is 12.0 Å². The monoisotopic (exact) mass is 687 g/mol. The van der Waals surface area contributed by atoms with Gasteiger partial charge in [-0.05, 0) is 60.8 Å². The van der Waals surface area contributed by atoms with E-state index in [9.17, 15) is 9.59 Å². The number of piperazine rings is 1. The largest absolute Gasteiger partial charge is 0.462 e. The van der Waals surface area contributed by atoms with E-state index in [4.69, 9.17) is 9.47 Å². The van der Waals surface area contributed by atoms with Gasteiger partial charge in [-0.1, -0.05) is 11.8 Å². The second-order valence-corrected chi connectivity index (χ2v) is 12.8. The zero-order valence-corrected chi connectivity index (χ0v) is 30.5. The number of piperidine rings is 1. The summed E-state index contributed by atoms with van der Waals surface area (Å²) in [5.41, 5.74) is 1.46. The van der Waals surface area contributed by atoms with Gasteiger partial charge in [-0.2, -0.15) is 19.9 Å². The van der Waals surface area contributed by atoms with Crippen molar-refractivity contribution >= 4 is 34.2 Å². The Morgan fingerprint density at radius 3 is 1.48 bits per heavy atom. The Morgan fingerprint density at radius 2 is 1.08 bits per heavy atom. The predicted octanol–water partition coefficient (Wildman–Crippen LogP) is 2.28. The van der Waals surface area contributed by atoms with Gasteiger partial charge < -0.3 is 24.6 Å². The topological polar surface area (TPSA) is 142 Å². The molecule has 4 aromatic rings. The van der Waals surface area contributed by atoms with Crippen molar-refractivity contribution in [2.45, 2.75) is 86.1 Å². The molecule has 0 saturated carbocycles. The van der Waals surface area contributed by atoms with E-state index in [1.807, 2.05) is 36.8 Å². The molecule has 0 aromatic carbocycles. The van der Waals surface area contributed by atoms with Crippen molar-refractivity contribution in [3.8, 4) is 35.7 Å². The second kappa shape index (κ2) is 16.1. The molecule has 268 valence electrons. The van der Waals surface area contributed by atoms with E-state index >= 15 is 0 Å². The molecule has 6 heterocycles. The molecular formula is C35H49N11O4. The van der Waals surface area contributed by atoms with Gasteiger partial charge in [0.1, 0.15) is 0 Å². The van der Waals surface area contributed by atoms with E-state index < -0.39 is 0 Å². The summed E-state index contributed by atoms with van der Waals surface area (Å²) in [6.07, 6.45) is 3.37. The summed E-state index contributed by atoms with van der Waals surface area (Å²) in [7, 11) is 3.34. The van der Waals surface area contributed by atoms with Crippen molar-refractivity contribution in [3.05, 3.63) is 20.7 Å². The van der Waals surface area contributed by atoms with Crippen molar-refractivity contribution in [1.82, 2.24) is 43.5 Å². The molecule has 15 heteroatoms. The SMILES string of the molecule is CC#CCn1c(N2CCCCC2)nc2nc(OC(C)C)n(C)c(=O)c21.CC#CCn1c(N2CCNCC2)nc2nc(OC(C)C)n(C)c(=O)c21. The fourth-order valence-electron chi connectivity index (χ4n) is 5.95. The van der Waals surface area contributed by atoms with Crippen molar-refractivity contribution < 1.29 is 9.47 Å². The van der Waals surface area contributed by atoms with E-state index in [1.165, 1.54) is 15.6 Å². The van der Waals surface area contributed by atoms with Crippen LogP contribution in [0.1, 0.15) is 60.8 Å². The van der Waals surface area contributed by atoms with Crippen LogP contribution < -0.4 is 35.7 Å². The number of nitrogens with one attached hydrogen (secondary N) is 1. The molecule has 2 saturated heterocycles. The molecule has 0 atom stereocenters. The number of hydrogen-bond acceptors (Lipinski definition) is 11. The molecular weight excluding hydrogens is 638 g/mol. The number of ether oxygens (including phenoxy) is 2. The molecule has 0 amide bonds. The average Bonchev–Trinajstić information content (AvgIpc) is 3.66. The fourth-order valence-corrected chi connectivity index (χ4v) is 5.95. The Morgan fingerprint density at radius 1 is 0.660 bits per heavy atom. The van der Waals surface area contributed by atoms with Crippen LogP contribution in [0, 0.1) is 23.7 Å². The molecule has 2 aliphatic heterocycles. The highest BCUT2D eigenvalue weighted by atomic mass is 16.5. The van der Waals surface area contributed by atoms with Gasteiger partial charge in [0.2, 0.25) is 11.9 Å². The lowest BCUT2D eigenvalue weighted by Gasteiger charge is -2.28. The summed E-state index contributed by atoms with van der Waals surface area (Å²) in [6, 6.07) is 0.578. The number of anilines is 2. The highest BCUT2D eigenvalue weighted by Gasteiger charge is 2.25. The van der Waals surface area contributed by atoms with Crippen LogP contribution in [0.25, 0.3) is 22.3 Å². The number of hydrogen-bond donors (Lipinski definition) is 1. The maximum absolute atomic E-state index is 12.9. The van der Waals surface area contributed by atoms with Gasteiger partial charge in [0, 0.05) is 53.4 Å². The molecule has 0 bridgehead atoms. The maximum Gasteiger partial charge on any atom is 0.301 e. The maximum atomic E-state index is 12.9. The van der Waals surface area contributed by atoms with Gasteiger partial charge in [-0.3, -0.25) is 27.9 Å². The fraction of sp³-hybridized carbons (Fsp3) is 0.600. The third-order valence-electron chi connectivity index (χ3n) is 8.40. The van der Waals surface area contributed by atoms with E-state index in [0.29, 0.717) is 41.4 Å². The van der Waals surface area contributed by atoms with Crippen LogP contribution in [0.15, 0.2) is 9.59 Å². The van der Waals surface area contributed by atoms with Crippen molar-refractivity contribution in [3.63, 3.8) is 0 Å². The quantitative estimate of drug-likeness (QED) is 0.273. The Bertz CT molecular complexity index is 1910. The average molecular weight is 688 g/mol. The van der Waals surface area contributed by atoms with Crippen LogP contribution in [0.4, 0.5) is 11.9 Å². The van der Waals surface area contributed by atoms with Gasteiger partial charge in [-0.15, -0.1) is 11.8 Å². The lowest BCUT2D eigenvalue weighted by Crippen LogP contribution is -2.44. The van der Waals surface area contributed by atoms with Gasteiger partial charge in [0.15, 0.2) is 22.3 Å². The van der Waals surface area contributed by atoms with Gasteiger partial charge in [0.05, 0.1) is 25.3 Å². The normalized spacial score (nSPS) is 14.7. The van der Waals surface area contributed by atoms with Gasteiger partial charge in [-0.25, -0.2) is 0 Å². The highest BCUT2D eigenvalue weighted by Crippen LogP contribution is 2.24. The molecule has 0 spiro atoms. The zero-order valence-electron chi connectivity index (χ0n) is 30.5. The van der Waals surface area contributed by atoms with Crippen LogP contribution in [0.2, 0.25) is 0 Å². The van der Waals surface area contributed by atoms with Crippen LogP contribution in [-0.2, 0) is 27.2 Å². The molecule has 0 unspecified atom stereocenters. The molecule has 4 aromatic heterocycles. The molecule has 6 rings (SSSR count). The molecule has 2 fully saturated rings. The summed E-state index contributed by atoms with van der Waals surface area (Å²) in [5.74, 6) is 13.4. The molecule has 0 aliphatic carbocycles. The first-order valence-corrected chi connectivity index (χ1v) is 17.3. The van der Waals surface area contributed by atoms with Crippen LogP contribution >= 0.6 is 0 Å². The minimum atomic E-state index is -0.174. The second-order valence-electron chi connectivity index (χ2n) is 12.8. The van der Waals surface area contributed by atoms with Gasteiger partial charge >= 0.3 is 12.0 Å².